The van der Waals surface area contributed by atoms with Gasteiger partial charge in [0.1, 0.15) is 0 Å². The molecule has 3 nitrogen and oxygen atoms in total. The van der Waals surface area contributed by atoms with Crippen LogP contribution in [0.25, 0.3) is 0 Å². The van der Waals surface area contributed by atoms with E-state index in [0.717, 1.165) is 37.4 Å². The van der Waals surface area contributed by atoms with Crippen LogP contribution in [0.1, 0.15) is 71.6 Å². The second-order valence-corrected chi connectivity index (χ2v) is 6.79. The van der Waals surface area contributed by atoms with Gasteiger partial charge < -0.3 is 15.4 Å². The van der Waals surface area contributed by atoms with Gasteiger partial charge in [0.05, 0.1) is 5.60 Å². The first-order chi connectivity index (χ1) is 9.67. The molecule has 0 amide bonds. The summed E-state index contributed by atoms with van der Waals surface area (Å²) in [6.45, 7) is 5.31. The molecule has 0 aromatic carbocycles. The minimum Gasteiger partial charge on any atom is -0.375 e. The van der Waals surface area contributed by atoms with E-state index in [4.69, 9.17) is 17.0 Å². The van der Waals surface area contributed by atoms with Gasteiger partial charge in [-0.15, -0.1) is 0 Å². The van der Waals surface area contributed by atoms with Gasteiger partial charge in [0.25, 0.3) is 0 Å². The fourth-order valence-electron chi connectivity index (χ4n) is 3.55. The third-order valence-electron chi connectivity index (χ3n) is 5.06. The van der Waals surface area contributed by atoms with Gasteiger partial charge in [0, 0.05) is 18.7 Å². The third kappa shape index (κ3) is 4.32. The predicted octanol–water partition coefficient (Wildman–Crippen LogP) is 3.52. The Morgan fingerprint density at radius 3 is 2.35 bits per heavy atom. The van der Waals surface area contributed by atoms with Gasteiger partial charge in [-0.05, 0) is 50.7 Å². The van der Waals surface area contributed by atoms with Crippen molar-refractivity contribution in [3.63, 3.8) is 0 Å². The summed E-state index contributed by atoms with van der Waals surface area (Å²) in [5.41, 5.74) is 0.0658. The zero-order valence-electron chi connectivity index (χ0n) is 13.0. The molecule has 0 aromatic heterocycles. The largest absolute Gasteiger partial charge is 0.375 e. The van der Waals surface area contributed by atoms with Crippen LogP contribution in [0.15, 0.2) is 0 Å². The van der Waals surface area contributed by atoms with Crippen molar-refractivity contribution in [3.8, 4) is 0 Å². The summed E-state index contributed by atoms with van der Waals surface area (Å²) in [7, 11) is 0. The van der Waals surface area contributed by atoms with Crippen molar-refractivity contribution in [2.24, 2.45) is 0 Å². The normalized spacial score (nSPS) is 27.0. The van der Waals surface area contributed by atoms with E-state index in [9.17, 15) is 0 Å². The first-order valence-electron chi connectivity index (χ1n) is 8.38. The molecule has 1 unspecified atom stereocenters. The lowest BCUT2D eigenvalue weighted by atomic mass is 9.86. The van der Waals surface area contributed by atoms with Crippen LogP contribution in [0.5, 0.6) is 0 Å². The monoisotopic (exact) mass is 298 g/mol. The molecule has 4 heteroatoms. The maximum atomic E-state index is 6.02. The standard InChI is InChI=1S/C16H30N2OS/c1-3-16(4-2)12-14(10-11-19-16)18-15(20)17-13-8-6-5-7-9-13/h13-14H,3-12H2,1-2H3,(H2,17,18,20). The Hall–Kier alpha value is -0.350. The molecule has 2 N–H and O–H groups in total. The van der Waals surface area contributed by atoms with Crippen molar-refractivity contribution in [1.29, 1.82) is 0 Å². The van der Waals surface area contributed by atoms with Crippen molar-refractivity contribution in [2.45, 2.75) is 89.3 Å². The molecule has 1 saturated carbocycles. The van der Waals surface area contributed by atoms with E-state index >= 15 is 0 Å². The van der Waals surface area contributed by atoms with E-state index in [1.165, 1.54) is 32.1 Å². The zero-order chi connectivity index (χ0) is 14.4. The Kier molecular flexibility index (Phi) is 6.09. The highest BCUT2D eigenvalue weighted by Crippen LogP contribution is 2.31. The molecule has 1 aliphatic heterocycles. The van der Waals surface area contributed by atoms with E-state index in [1.807, 2.05) is 0 Å². The molecule has 20 heavy (non-hydrogen) atoms. The summed E-state index contributed by atoms with van der Waals surface area (Å²) < 4.78 is 6.02. The van der Waals surface area contributed by atoms with E-state index in [0.29, 0.717) is 12.1 Å². The second-order valence-electron chi connectivity index (χ2n) is 6.38. The molecule has 2 aliphatic rings. The third-order valence-corrected chi connectivity index (χ3v) is 5.29. The molecule has 0 spiro atoms. The van der Waals surface area contributed by atoms with E-state index < -0.39 is 0 Å². The predicted molar refractivity (Wildman–Crippen MR) is 88.0 cm³/mol. The molecular weight excluding hydrogens is 268 g/mol. The van der Waals surface area contributed by atoms with Gasteiger partial charge in [-0.1, -0.05) is 33.1 Å². The Morgan fingerprint density at radius 1 is 1.05 bits per heavy atom. The molecule has 2 fully saturated rings. The molecule has 0 radical (unpaired) electrons. The van der Waals surface area contributed by atoms with E-state index in [-0.39, 0.29) is 5.60 Å². The smallest absolute Gasteiger partial charge is 0.166 e. The van der Waals surface area contributed by atoms with Gasteiger partial charge in [-0.3, -0.25) is 0 Å². The summed E-state index contributed by atoms with van der Waals surface area (Å²) in [5.74, 6) is 0. The molecule has 1 heterocycles. The van der Waals surface area contributed by atoms with Crippen LogP contribution in [-0.4, -0.2) is 29.4 Å². The van der Waals surface area contributed by atoms with Crippen LogP contribution >= 0.6 is 12.2 Å². The maximum absolute atomic E-state index is 6.02. The van der Waals surface area contributed by atoms with Crippen LogP contribution < -0.4 is 10.6 Å². The SMILES string of the molecule is CCC1(CC)CC(NC(=S)NC2CCCCC2)CCO1. The average Bonchev–Trinajstić information content (AvgIpc) is 2.48. The number of rotatable bonds is 4. The number of thiocarbonyl (C=S) groups is 1. The summed E-state index contributed by atoms with van der Waals surface area (Å²) >= 11 is 5.50. The van der Waals surface area contributed by atoms with Crippen LogP contribution in [0.4, 0.5) is 0 Å². The molecule has 0 bridgehead atoms. The fourth-order valence-corrected chi connectivity index (χ4v) is 3.89. The number of hydrogen-bond donors (Lipinski definition) is 2. The molecule has 1 aliphatic carbocycles. The summed E-state index contributed by atoms with van der Waals surface area (Å²) in [6.07, 6.45) is 10.9. The van der Waals surface area contributed by atoms with Gasteiger partial charge in [-0.25, -0.2) is 0 Å². The first kappa shape index (κ1) is 16.0. The number of ether oxygens (including phenoxy) is 1. The van der Waals surface area contributed by atoms with Gasteiger partial charge in [0.2, 0.25) is 0 Å². The molecule has 116 valence electrons. The molecule has 1 atom stereocenters. The lowest BCUT2D eigenvalue weighted by molar-refractivity contribution is -0.0910. The first-order valence-corrected chi connectivity index (χ1v) is 8.79. The molecule has 1 saturated heterocycles. The van der Waals surface area contributed by atoms with Gasteiger partial charge in [-0.2, -0.15) is 0 Å². The van der Waals surface area contributed by atoms with Crippen LogP contribution in [0.2, 0.25) is 0 Å². The van der Waals surface area contributed by atoms with Crippen molar-refractivity contribution >= 4 is 17.3 Å². The van der Waals surface area contributed by atoms with Gasteiger partial charge in [0.15, 0.2) is 5.11 Å². The highest BCUT2D eigenvalue weighted by molar-refractivity contribution is 7.80. The molecule has 2 rings (SSSR count). The topological polar surface area (TPSA) is 33.3 Å². The fraction of sp³-hybridized carbons (Fsp3) is 0.938. The second kappa shape index (κ2) is 7.60. The minimum absolute atomic E-state index is 0.0658. The summed E-state index contributed by atoms with van der Waals surface area (Å²) in [6, 6.07) is 1.05. The number of hydrogen-bond acceptors (Lipinski definition) is 2. The highest BCUT2D eigenvalue weighted by atomic mass is 32.1. The lowest BCUT2D eigenvalue weighted by Gasteiger charge is -2.40. The van der Waals surface area contributed by atoms with Gasteiger partial charge >= 0.3 is 0 Å². The van der Waals surface area contributed by atoms with Crippen molar-refractivity contribution in [1.82, 2.24) is 10.6 Å². The maximum Gasteiger partial charge on any atom is 0.166 e. The van der Waals surface area contributed by atoms with Crippen LogP contribution in [0.3, 0.4) is 0 Å². The quantitative estimate of drug-likeness (QED) is 0.778. The number of nitrogens with one attached hydrogen (secondary N) is 2. The highest BCUT2D eigenvalue weighted by Gasteiger charge is 2.34. The Balaban J connectivity index is 1.78. The van der Waals surface area contributed by atoms with Crippen molar-refractivity contribution in [3.05, 3.63) is 0 Å². The lowest BCUT2D eigenvalue weighted by Crippen LogP contribution is -2.52. The summed E-state index contributed by atoms with van der Waals surface area (Å²) in [4.78, 5) is 0. The van der Waals surface area contributed by atoms with Crippen molar-refractivity contribution in [2.75, 3.05) is 6.61 Å². The minimum atomic E-state index is 0.0658. The Labute approximate surface area is 129 Å². The van der Waals surface area contributed by atoms with Crippen LogP contribution in [-0.2, 0) is 4.74 Å². The Bertz CT molecular complexity index is 312. The van der Waals surface area contributed by atoms with Crippen molar-refractivity contribution < 1.29 is 4.74 Å². The molecule has 0 aromatic rings. The van der Waals surface area contributed by atoms with Crippen LogP contribution in [0, 0.1) is 0 Å². The van der Waals surface area contributed by atoms with E-state index in [2.05, 4.69) is 24.5 Å². The average molecular weight is 298 g/mol. The molecular formula is C16H30N2OS. The van der Waals surface area contributed by atoms with E-state index in [1.54, 1.807) is 0 Å². The zero-order valence-corrected chi connectivity index (χ0v) is 13.9. The summed E-state index contributed by atoms with van der Waals surface area (Å²) in [5, 5.41) is 7.89. The Morgan fingerprint density at radius 2 is 1.70 bits per heavy atom.